The second kappa shape index (κ2) is 8.61. The molecule has 0 unspecified atom stereocenters. The number of rotatable bonds is 4. The van der Waals surface area contributed by atoms with Gasteiger partial charge in [0, 0.05) is 18.8 Å². The van der Waals surface area contributed by atoms with Gasteiger partial charge in [-0.05, 0) is 19.3 Å². The zero-order valence-electron chi connectivity index (χ0n) is 14.0. The molecule has 1 aliphatic carbocycles. The summed E-state index contributed by atoms with van der Waals surface area (Å²) in [7, 11) is 0. The number of aryl methyl sites for hydroxylation is 1. The zero-order valence-corrected chi connectivity index (χ0v) is 14.0. The number of aromatic nitrogens is 1. The average molecular weight is 336 g/mol. The highest BCUT2D eigenvalue weighted by Gasteiger charge is 2.25. The molecule has 7 nitrogen and oxygen atoms in total. The summed E-state index contributed by atoms with van der Waals surface area (Å²) in [5.41, 5.74) is 0.612. The minimum atomic E-state index is -0.997. The lowest BCUT2D eigenvalue weighted by Gasteiger charge is -2.17. The topological polar surface area (TPSA) is 110 Å². The summed E-state index contributed by atoms with van der Waals surface area (Å²) in [6, 6.07) is 0. The number of aromatic carboxylic acids is 1. The van der Waals surface area contributed by atoms with Gasteiger partial charge in [-0.25, -0.2) is 9.78 Å². The standard InChI is InChI=1S/C13H19NO3.C4H5NO2/c1-2-6-10-11(13(15)16)17-12(14-10)9-7-4-3-5-8-9;6-3-1-2-4(7)5-3/h9H,2-8H2,1H3,(H,15,16);1-2H2,(H,5,6,7). The van der Waals surface area contributed by atoms with Crippen molar-refractivity contribution in [1.29, 1.82) is 0 Å². The first kappa shape index (κ1) is 18.2. The average Bonchev–Trinajstić information content (AvgIpc) is 3.15. The molecule has 2 fully saturated rings. The van der Waals surface area contributed by atoms with E-state index in [0.29, 0.717) is 36.8 Å². The number of amides is 2. The number of imide groups is 1. The van der Waals surface area contributed by atoms with Crippen molar-refractivity contribution in [3.63, 3.8) is 0 Å². The van der Waals surface area contributed by atoms with Gasteiger partial charge in [-0.2, -0.15) is 0 Å². The first-order chi connectivity index (χ1) is 11.5. The number of nitrogens with zero attached hydrogens (tertiary/aromatic N) is 1. The molecule has 0 aromatic carbocycles. The Bertz CT molecular complexity index is 588. The van der Waals surface area contributed by atoms with E-state index in [9.17, 15) is 14.4 Å². The third-order valence-electron chi connectivity index (χ3n) is 4.21. The van der Waals surface area contributed by atoms with Crippen LogP contribution in [0.25, 0.3) is 0 Å². The van der Waals surface area contributed by atoms with Crippen molar-refractivity contribution in [2.75, 3.05) is 0 Å². The highest BCUT2D eigenvalue weighted by molar-refractivity contribution is 6.01. The van der Waals surface area contributed by atoms with Crippen molar-refractivity contribution in [2.45, 2.75) is 70.6 Å². The largest absolute Gasteiger partial charge is 0.475 e. The van der Waals surface area contributed by atoms with Crippen LogP contribution in [-0.4, -0.2) is 27.9 Å². The maximum Gasteiger partial charge on any atom is 0.373 e. The normalized spacial score (nSPS) is 18.0. The predicted octanol–water partition coefficient (Wildman–Crippen LogP) is 2.80. The van der Waals surface area contributed by atoms with Crippen LogP contribution >= 0.6 is 0 Å². The van der Waals surface area contributed by atoms with Crippen LogP contribution in [0.5, 0.6) is 0 Å². The first-order valence-electron chi connectivity index (χ1n) is 8.56. The molecule has 24 heavy (non-hydrogen) atoms. The van der Waals surface area contributed by atoms with Gasteiger partial charge in [0.25, 0.3) is 0 Å². The van der Waals surface area contributed by atoms with Crippen LogP contribution in [0.15, 0.2) is 4.42 Å². The molecule has 132 valence electrons. The second-order valence-corrected chi connectivity index (χ2v) is 6.19. The minimum Gasteiger partial charge on any atom is -0.475 e. The number of carboxylic acid groups (broad SMARTS) is 1. The molecule has 3 rings (SSSR count). The van der Waals surface area contributed by atoms with Crippen LogP contribution in [0.3, 0.4) is 0 Å². The number of hydrogen-bond acceptors (Lipinski definition) is 5. The first-order valence-corrected chi connectivity index (χ1v) is 8.56. The van der Waals surface area contributed by atoms with Crippen molar-refractivity contribution < 1.29 is 23.9 Å². The molecule has 7 heteroatoms. The Morgan fingerprint density at radius 1 is 1.21 bits per heavy atom. The van der Waals surface area contributed by atoms with E-state index in [1.807, 2.05) is 6.92 Å². The number of hydrogen-bond donors (Lipinski definition) is 2. The lowest BCUT2D eigenvalue weighted by Crippen LogP contribution is -2.18. The summed E-state index contributed by atoms with van der Waals surface area (Å²) < 4.78 is 5.46. The number of carbonyl (C=O) groups excluding carboxylic acids is 2. The van der Waals surface area contributed by atoms with Gasteiger partial charge >= 0.3 is 5.97 Å². The molecule has 1 aliphatic heterocycles. The summed E-state index contributed by atoms with van der Waals surface area (Å²) in [6.45, 7) is 2.01. The van der Waals surface area contributed by atoms with Gasteiger partial charge in [0.05, 0.1) is 5.69 Å². The lowest BCUT2D eigenvalue weighted by molar-refractivity contribution is -0.124. The molecule has 0 atom stereocenters. The van der Waals surface area contributed by atoms with Crippen LogP contribution in [-0.2, 0) is 16.0 Å². The third-order valence-corrected chi connectivity index (χ3v) is 4.21. The summed E-state index contributed by atoms with van der Waals surface area (Å²) >= 11 is 0. The van der Waals surface area contributed by atoms with E-state index < -0.39 is 5.97 Å². The molecule has 2 heterocycles. The summed E-state index contributed by atoms with van der Waals surface area (Å²) in [6.07, 6.45) is 8.12. The van der Waals surface area contributed by atoms with Gasteiger partial charge in [0.2, 0.25) is 17.6 Å². The van der Waals surface area contributed by atoms with Crippen molar-refractivity contribution in [3.05, 3.63) is 17.3 Å². The fraction of sp³-hybridized carbons (Fsp3) is 0.647. The Balaban J connectivity index is 0.000000249. The molecule has 2 N–H and O–H groups in total. The predicted molar refractivity (Wildman–Crippen MR) is 85.7 cm³/mol. The van der Waals surface area contributed by atoms with Gasteiger partial charge in [-0.3, -0.25) is 14.9 Å². The molecule has 1 aromatic rings. The smallest absolute Gasteiger partial charge is 0.373 e. The lowest BCUT2D eigenvalue weighted by atomic mass is 9.89. The van der Waals surface area contributed by atoms with E-state index in [-0.39, 0.29) is 17.6 Å². The molecule has 0 spiro atoms. The Morgan fingerprint density at radius 2 is 1.83 bits per heavy atom. The monoisotopic (exact) mass is 336 g/mol. The van der Waals surface area contributed by atoms with E-state index >= 15 is 0 Å². The van der Waals surface area contributed by atoms with E-state index in [4.69, 9.17) is 9.52 Å². The van der Waals surface area contributed by atoms with Gasteiger partial charge < -0.3 is 9.52 Å². The molecule has 2 amide bonds. The van der Waals surface area contributed by atoms with Gasteiger partial charge in [-0.1, -0.05) is 32.6 Å². The van der Waals surface area contributed by atoms with Crippen molar-refractivity contribution in [1.82, 2.24) is 10.3 Å². The number of nitrogens with one attached hydrogen (secondary N) is 1. The molecule has 1 saturated carbocycles. The second-order valence-electron chi connectivity index (χ2n) is 6.19. The fourth-order valence-corrected chi connectivity index (χ4v) is 2.98. The van der Waals surface area contributed by atoms with E-state index in [0.717, 1.165) is 19.3 Å². The SMILES string of the molecule is CCCc1nc(C2CCCCC2)oc1C(=O)O.O=C1CCC(=O)N1. The minimum absolute atomic E-state index is 0.0485. The van der Waals surface area contributed by atoms with Gasteiger partial charge in [0.1, 0.15) is 0 Å². The molecule has 0 bridgehead atoms. The highest BCUT2D eigenvalue weighted by Crippen LogP contribution is 2.33. The van der Waals surface area contributed by atoms with Crippen LogP contribution in [0.1, 0.15) is 86.3 Å². The quantitative estimate of drug-likeness (QED) is 0.818. The summed E-state index contributed by atoms with van der Waals surface area (Å²) in [5.74, 6) is -0.275. The zero-order chi connectivity index (χ0) is 17.5. The van der Waals surface area contributed by atoms with Crippen LogP contribution in [0.4, 0.5) is 0 Å². The van der Waals surface area contributed by atoms with Crippen LogP contribution in [0, 0.1) is 0 Å². The summed E-state index contributed by atoms with van der Waals surface area (Å²) in [5, 5.41) is 11.2. The molecule has 2 aliphatic rings. The fourth-order valence-electron chi connectivity index (χ4n) is 2.98. The molecule has 0 radical (unpaired) electrons. The maximum absolute atomic E-state index is 11.1. The van der Waals surface area contributed by atoms with Gasteiger partial charge in [-0.15, -0.1) is 0 Å². The van der Waals surface area contributed by atoms with E-state index in [1.165, 1.54) is 19.3 Å². The number of carbonyl (C=O) groups is 3. The number of carboxylic acids is 1. The molecule has 1 aromatic heterocycles. The Morgan fingerprint density at radius 3 is 2.29 bits per heavy atom. The van der Waals surface area contributed by atoms with E-state index in [2.05, 4.69) is 10.3 Å². The van der Waals surface area contributed by atoms with E-state index in [1.54, 1.807) is 0 Å². The van der Waals surface area contributed by atoms with Crippen molar-refractivity contribution >= 4 is 17.8 Å². The summed E-state index contributed by atoms with van der Waals surface area (Å²) in [4.78, 5) is 35.7. The Kier molecular flexibility index (Phi) is 6.52. The highest BCUT2D eigenvalue weighted by atomic mass is 16.4. The molecule has 1 saturated heterocycles. The third kappa shape index (κ3) is 4.91. The van der Waals surface area contributed by atoms with Crippen molar-refractivity contribution in [2.24, 2.45) is 0 Å². The van der Waals surface area contributed by atoms with Gasteiger partial charge in [0.15, 0.2) is 5.89 Å². The number of oxazole rings is 1. The Labute approximate surface area is 140 Å². The molecular weight excluding hydrogens is 312 g/mol. The Hall–Kier alpha value is -2.18. The van der Waals surface area contributed by atoms with Crippen molar-refractivity contribution in [3.8, 4) is 0 Å². The molecular formula is C17H24N2O5. The van der Waals surface area contributed by atoms with Crippen LogP contribution < -0.4 is 5.32 Å². The van der Waals surface area contributed by atoms with Crippen LogP contribution in [0.2, 0.25) is 0 Å². The maximum atomic E-state index is 11.1.